The Labute approximate surface area is 109 Å². The molecule has 19 heavy (non-hydrogen) atoms. The molecule has 1 fully saturated rings. The summed E-state index contributed by atoms with van der Waals surface area (Å²) in [6.45, 7) is 2.19. The molecule has 1 aliphatic heterocycles. The van der Waals surface area contributed by atoms with Crippen LogP contribution < -0.4 is 10.6 Å². The predicted octanol–water partition coefficient (Wildman–Crippen LogP) is 0.0259. The van der Waals surface area contributed by atoms with Crippen molar-refractivity contribution >= 4 is 12.0 Å². The van der Waals surface area contributed by atoms with Gasteiger partial charge in [-0.2, -0.15) is 0 Å². The molecule has 0 spiro atoms. The molecule has 104 valence electrons. The third-order valence-corrected chi connectivity index (χ3v) is 2.88. The Kier molecular flexibility index (Phi) is 3.70. The molecule has 0 bridgehead atoms. The Bertz CT molecular complexity index is 478. The first-order valence-corrected chi connectivity index (χ1v) is 5.81. The minimum atomic E-state index is -1.35. The average Bonchev–Trinajstić information content (AvgIpc) is 2.97. The predicted molar refractivity (Wildman–Crippen MR) is 62.4 cm³/mol. The summed E-state index contributed by atoms with van der Waals surface area (Å²) in [6.07, 6.45) is 0.247. The number of ether oxygens (including phenoxy) is 1. The number of hydrogen-bond donors (Lipinski definition) is 3. The Morgan fingerprint density at radius 3 is 2.89 bits per heavy atom. The summed E-state index contributed by atoms with van der Waals surface area (Å²) in [5, 5.41) is 17.8. The number of aryl methyl sites for hydroxylation is 1. The number of amides is 2. The maximum atomic E-state index is 11.7. The number of carbonyl (C=O) groups excluding carboxylic acids is 1. The fourth-order valence-corrected chi connectivity index (χ4v) is 1.81. The van der Waals surface area contributed by atoms with E-state index in [0.717, 1.165) is 0 Å². The Hall–Kier alpha value is -2.09. The summed E-state index contributed by atoms with van der Waals surface area (Å²) in [6, 6.07) is 1.10. The number of urea groups is 1. The SMILES string of the molecule is Cc1cc(CNC(=O)NC2(C(=O)O)CCOC2)on1. The zero-order valence-electron chi connectivity index (χ0n) is 10.4. The molecule has 2 heterocycles. The van der Waals surface area contributed by atoms with Gasteiger partial charge < -0.3 is 25.0 Å². The van der Waals surface area contributed by atoms with Crippen molar-refractivity contribution in [1.29, 1.82) is 0 Å². The highest BCUT2D eigenvalue weighted by Gasteiger charge is 2.43. The van der Waals surface area contributed by atoms with Gasteiger partial charge in [-0.1, -0.05) is 5.16 Å². The van der Waals surface area contributed by atoms with E-state index in [0.29, 0.717) is 18.1 Å². The van der Waals surface area contributed by atoms with Crippen LogP contribution in [0.2, 0.25) is 0 Å². The molecule has 0 saturated carbocycles. The van der Waals surface area contributed by atoms with Crippen LogP contribution in [-0.2, 0) is 16.1 Å². The summed E-state index contributed by atoms with van der Waals surface area (Å²) in [4.78, 5) is 22.9. The van der Waals surface area contributed by atoms with E-state index in [1.54, 1.807) is 13.0 Å². The summed E-state index contributed by atoms with van der Waals surface area (Å²) < 4.78 is 9.96. The van der Waals surface area contributed by atoms with Crippen molar-refractivity contribution in [2.75, 3.05) is 13.2 Å². The zero-order chi connectivity index (χ0) is 13.9. The van der Waals surface area contributed by atoms with E-state index < -0.39 is 17.5 Å². The minimum absolute atomic E-state index is 0.0306. The summed E-state index contributed by atoms with van der Waals surface area (Å²) >= 11 is 0. The third-order valence-electron chi connectivity index (χ3n) is 2.88. The van der Waals surface area contributed by atoms with E-state index in [2.05, 4.69) is 15.8 Å². The average molecular weight is 269 g/mol. The molecule has 1 atom stereocenters. The highest BCUT2D eigenvalue weighted by Crippen LogP contribution is 2.18. The second-order valence-corrected chi connectivity index (χ2v) is 4.43. The molecule has 0 aliphatic carbocycles. The molecular formula is C11H15N3O5. The van der Waals surface area contributed by atoms with Gasteiger partial charge in [-0.25, -0.2) is 9.59 Å². The topological polar surface area (TPSA) is 114 Å². The first-order chi connectivity index (χ1) is 9.02. The highest BCUT2D eigenvalue weighted by atomic mass is 16.5. The van der Waals surface area contributed by atoms with Crippen LogP contribution in [0.25, 0.3) is 0 Å². The molecule has 3 N–H and O–H groups in total. The maximum Gasteiger partial charge on any atom is 0.332 e. The van der Waals surface area contributed by atoms with Crippen molar-refractivity contribution in [3.8, 4) is 0 Å². The summed E-state index contributed by atoms with van der Waals surface area (Å²) in [7, 11) is 0. The largest absolute Gasteiger partial charge is 0.479 e. The van der Waals surface area contributed by atoms with Gasteiger partial charge in [0.25, 0.3) is 0 Å². The first-order valence-electron chi connectivity index (χ1n) is 5.81. The van der Waals surface area contributed by atoms with Crippen LogP contribution in [0.1, 0.15) is 17.9 Å². The summed E-state index contributed by atoms with van der Waals surface area (Å²) in [5.41, 5.74) is -0.634. The second kappa shape index (κ2) is 5.27. The Morgan fingerprint density at radius 1 is 1.58 bits per heavy atom. The van der Waals surface area contributed by atoms with Crippen molar-refractivity contribution < 1.29 is 24.0 Å². The monoisotopic (exact) mass is 269 g/mol. The molecular weight excluding hydrogens is 254 g/mol. The van der Waals surface area contributed by atoms with Crippen molar-refractivity contribution in [2.45, 2.75) is 25.4 Å². The molecule has 0 radical (unpaired) electrons. The maximum absolute atomic E-state index is 11.7. The van der Waals surface area contributed by atoms with Gasteiger partial charge >= 0.3 is 12.0 Å². The number of carboxylic acid groups (broad SMARTS) is 1. The lowest BCUT2D eigenvalue weighted by atomic mass is 9.99. The number of nitrogens with one attached hydrogen (secondary N) is 2. The second-order valence-electron chi connectivity index (χ2n) is 4.43. The van der Waals surface area contributed by atoms with Crippen LogP contribution in [0.5, 0.6) is 0 Å². The number of aliphatic carboxylic acids is 1. The molecule has 1 aromatic rings. The van der Waals surface area contributed by atoms with E-state index in [4.69, 9.17) is 14.4 Å². The molecule has 0 aromatic carbocycles. The molecule has 2 amide bonds. The highest BCUT2D eigenvalue weighted by molar-refractivity contribution is 5.86. The van der Waals surface area contributed by atoms with E-state index in [1.807, 2.05) is 0 Å². The van der Waals surface area contributed by atoms with Crippen LogP contribution in [0.3, 0.4) is 0 Å². The van der Waals surface area contributed by atoms with Crippen molar-refractivity contribution in [3.05, 3.63) is 17.5 Å². The number of hydrogen-bond acceptors (Lipinski definition) is 5. The first kappa shape index (κ1) is 13.3. The lowest BCUT2D eigenvalue weighted by Crippen LogP contribution is -2.57. The molecule has 2 rings (SSSR count). The van der Waals surface area contributed by atoms with Crippen LogP contribution >= 0.6 is 0 Å². The van der Waals surface area contributed by atoms with E-state index in [9.17, 15) is 9.59 Å². The standard InChI is InChI=1S/C11H15N3O5/c1-7-4-8(19-14-7)5-12-10(17)13-11(9(15)16)2-3-18-6-11/h4H,2-3,5-6H2,1H3,(H,15,16)(H2,12,13,17). The third kappa shape index (κ3) is 3.02. The summed E-state index contributed by atoms with van der Waals surface area (Å²) in [5.74, 6) is -0.602. The molecule has 8 nitrogen and oxygen atoms in total. The van der Waals surface area contributed by atoms with Crippen molar-refractivity contribution in [3.63, 3.8) is 0 Å². The van der Waals surface area contributed by atoms with E-state index >= 15 is 0 Å². The molecule has 1 aromatic heterocycles. The van der Waals surface area contributed by atoms with Gasteiger partial charge in [0.15, 0.2) is 11.3 Å². The molecule has 8 heteroatoms. The van der Waals surface area contributed by atoms with Gasteiger partial charge in [0.2, 0.25) is 0 Å². The van der Waals surface area contributed by atoms with Crippen molar-refractivity contribution in [1.82, 2.24) is 15.8 Å². The van der Waals surface area contributed by atoms with Crippen LogP contribution in [0.15, 0.2) is 10.6 Å². The fourth-order valence-electron chi connectivity index (χ4n) is 1.81. The van der Waals surface area contributed by atoms with E-state index in [1.165, 1.54) is 0 Å². The van der Waals surface area contributed by atoms with Gasteiger partial charge in [-0.15, -0.1) is 0 Å². The minimum Gasteiger partial charge on any atom is -0.479 e. The smallest absolute Gasteiger partial charge is 0.332 e. The van der Waals surface area contributed by atoms with Gasteiger partial charge in [0.1, 0.15) is 0 Å². The lowest BCUT2D eigenvalue weighted by Gasteiger charge is -2.23. The normalized spacial score (nSPS) is 22.2. The van der Waals surface area contributed by atoms with Gasteiger partial charge in [0.05, 0.1) is 18.8 Å². The van der Waals surface area contributed by atoms with Crippen LogP contribution in [-0.4, -0.2) is 41.0 Å². The van der Waals surface area contributed by atoms with Crippen LogP contribution in [0, 0.1) is 6.92 Å². The number of rotatable bonds is 4. The van der Waals surface area contributed by atoms with Gasteiger partial charge in [0, 0.05) is 19.1 Å². The fraction of sp³-hybridized carbons (Fsp3) is 0.545. The van der Waals surface area contributed by atoms with E-state index in [-0.39, 0.29) is 19.6 Å². The Balaban J connectivity index is 1.88. The molecule has 1 saturated heterocycles. The van der Waals surface area contributed by atoms with Gasteiger partial charge in [-0.3, -0.25) is 0 Å². The number of aromatic nitrogens is 1. The number of carboxylic acids is 1. The zero-order valence-corrected chi connectivity index (χ0v) is 10.4. The number of carbonyl (C=O) groups is 2. The lowest BCUT2D eigenvalue weighted by molar-refractivity contribution is -0.144. The number of nitrogens with zero attached hydrogens (tertiary/aromatic N) is 1. The molecule has 1 aliphatic rings. The van der Waals surface area contributed by atoms with Crippen molar-refractivity contribution in [2.24, 2.45) is 0 Å². The Morgan fingerprint density at radius 2 is 2.37 bits per heavy atom. The van der Waals surface area contributed by atoms with Crippen LogP contribution in [0.4, 0.5) is 4.79 Å². The quantitative estimate of drug-likeness (QED) is 0.710. The van der Waals surface area contributed by atoms with Gasteiger partial charge in [-0.05, 0) is 6.92 Å². The molecule has 1 unspecified atom stereocenters.